The SMILES string of the molecule is CCOC(=O)c1ccc(Nc2cc(N(CC)c3cccc(C)c3)nc(C)n2)cc1. The molecule has 6 heteroatoms. The Kier molecular flexibility index (Phi) is 6.44. The molecule has 0 amide bonds. The van der Waals surface area contributed by atoms with E-state index in [0.717, 1.165) is 23.7 Å². The summed E-state index contributed by atoms with van der Waals surface area (Å²) in [6, 6.07) is 17.4. The van der Waals surface area contributed by atoms with Crippen LogP contribution in [0.4, 0.5) is 23.0 Å². The molecule has 0 spiro atoms. The van der Waals surface area contributed by atoms with Crippen molar-refractivity contribution in [3.05, 3.63) is 71.5 Å². The average molecular weight is 390 g/mol. The van der Waals surface area contributed by atoms with Crippen LogP contribution in [0.15, 0.2) is 54.6 Å². The summed E-state index contributed by atoms with van der Waals surface area (Å²) in [7, 11) is 0. The van der Waals surface area contributed by atoms with E-state index in [-0.39, 0.29) is 5.97 Å². The molecule has 0 atom stereocenters. The molecule has 0 unspecified atom stereocenters. The Labute approximate surface area is 171 Å². The quantitative estimate of drug-likeness (QED) is 0.561. The predicted molar refractivity (Wildman–Crippen MR) is 116 cm³/mol. The Hall–Kier alpha value is -3.41. The van der Waals surface area contributed by atoms with Crippen LogP contribution >= 0.6 is 0 Å². The van der Waals surface area contributed by atoms with Crippen molar-refractivity contribution in [1.29, 1.82) is 0 Å². The summed E-state index contributed by atoms with van der Waals surface area (Å²) in [4.78, 5) is 23.1. The van der Waals surface area contributed by atoms with Crippen LogP contribution < -0.4 is 10.2 Å². The van der Waals surface area contributed by atoms with Gasteiger partial charge in [-0.3, -0.25) is 0 Å². The molecule has 1 heterocycles. The van der Waals surface area contributed by atoms with Gasteiger partial charge >= 0.3 is 5.97 Å². The fourth-order valence-corrected chi connectivity index (χ4v) is 3.08. The molecule has 0 aliphatic heterocycles. The van der Waals surface area contributed by atoms with E-state index in [1.54, 1.807) is 19.1 Å². The molecule has 0 aliphatic carbocycles. The fourth-order valence-electron chi connectivity index (χ4n) is 3.08. The summed E-state index contributed by atoms with van der Waals surface area (Å²) in [5.74, 6) is 1.88. The Morgan fingerprint density at radius 1 is 1.03 bits per heavy atom. The second kappa shape index (κ2) is 9.19. The van der Waals surface area contributed by atoms with E-state index in [4.69, 9.17) is 4.74 Å². The van der Waals surface area contributed by atoms with Crippen molar-refractivity contribution >= 4 is 29.0 Å². The van der Waals surface area contributed by atoms with Crippen LogP contribution in [-0.2, 0) is 4.74 Å². The van der Waals surface area contributed by atoms with Gasteiger partial charge in [-0.25, -0.2) is 14.8 Å². The fraction of sp³-hybridized carbons (Fsp3) is 0.261. The van der Waals surface area contributed by atoms with Gasteiger partial charge in [0.2, 0.25) is 0 Å². The molecule has 2 aromatic carbocycles. The Bertz CT molecular complexity index is 986. The standard InChI is InChI=1S/C23H26N4O2/c1-5-27(20-9-7-8-16(3)14-20)22-15-21(24-17(4)25-22)26-19-12-10-18(11-13-19)23(28)29-6-2/h7-15H,5-6H2,1-4H3,(H,24,25,26). The first-order chi connectivity index (χ1) is 14.0. The first-order valence-electron chi connectivity index (χ1n) is 9.74. The number of benzene rings is 2. The van der Waals surface area contributed by atoms with E-state index < -0.39 is 0 Å². The molecule has 29 heavy (non-hydrogen) atoms. The maximum absolute atomic E-state index is 11.8. The van der Waals surface area contributed by atoms with E-state index in [1.807, 2.05) is 31.2 Å². The number of esters is 1. The number of hydrogen-bond donors (Lipinski definition) is 1. The normalized spacial score (nSPS) is 10.5. The monoisotopic (exact) mass is 390 g/mol. The van der Waals surface area contributed by atoms with Gasteiger partial charge in [0, 0.05) is 24.0 Å². The lowest BCUT2D eigenvalue weighted by Gasteiger charge is -2.23. The molecule has 0 fully saturated rings. The highest BCUT2D eigenvalue weighted by Gasteiger charge is 2.12. The Balaban J connectivity index is 1.84. The number of anilines is 4. The van der Waals surface area contributed by atoms with Gasteiger partial charge in [0.05, 0.1) is 12.2 Å². The van der Waals surface area contributed by atoms with Gasteiger partial charge in [-0.05, 0) is 69.7 Å². The van der Waals surface area contributed by atoms with E-state index in [9.17, 15) is 4.79 Å². The number of carbonyl (C=O) groups is 1. The maximum atomic E-state index is 11.8. The third-order valence-corrected chi connectivity index (χ3v) is 4.40. The second-order valence-corrected chi connectivity index (χ2v) is 6.66. The Morgan fingerprint density at radius 3 is 2.45 bits per heavy atom. The van der Waals surface area contributed by atoms with Gasteiger partial charge in [0.1, 0.15) is 17.5 Å². The minimum Gasteiger partial charge on any atom is -0.462 e. The summed E-state index contributed by atoms with van der Waals surface area (Å²) < 4.78 is 5.02. The van der Waals surface area contributed by atoms with E-state index in [1.165, 1.54) is 5.56 Å². The molecule has 0 radical (unpaired) electrons. The third kappa shape index (κ3) is 5.10. The summed E-state index contributed by atoms with van der Waals surface area (Å²) in [5, 5.41) is 3.30. The van der Waals surface area contributed by atoms with Gasteiger partial charge < -0.3 is 15.0 Å². The largest absolute Gasteiger partial charge is 0.462 e. The lowest BCUT2D eigenvalue weighted by atomic mass is 10.2. The number of aromatic nitrogens is 2. The van der Waals surface area contributed by atoms with Crippen molar-refractivity contribution < 1.29 is 9.53 Å². The van der Waals surface area contributed by atoms with Gasteiger partial charge in [0.25, 0.3) is 0 Å². The van der Waals surface area contributed by atoms with Crippen molar-refractivity contribution in [3.63, 3.8) is 0 Å². The zero-order chi connectivity index (χ0) is 20.8. The number of carbonyl (C=O) groups excluding carboxylic acids is 1. The molecule has 0 saturated carbocycles. The average Bonchev–Trinajstić information content (AvgIpc) is 2.69. The predicted octanol–water partition coefficient (Wildman–Crippen LogP) is 5.17. The molecule has 3 aromatic rings. The van der Waals surface area contributed by atoms with Crippen LogP contribution in [0, 0.1) is 13.8 Å². The number of aryl methyl sites for hydroxylation is 2. The van der Waals surface area contributed by atoms with Crippen molar-refractivity contribution in [3.8, 4) is 0 Å². The van der Waals surface area contributed by atoms with E-state index >= 15 is 0 Å². The molecule has 3 rings (SSSR count). The number of nitrogens with zero attached hydrogens (tertiary/aromatic N) is 3. The summed E-state index contributed by atoms with van der Waals surface area (Å²) >= 11 is 0. The van der Waals surface area contributed by atoms with Crippen LogP contribution in [-0.4, -0.2) is 29.1 Å². The molecule has 0 aliphatic rings. The van der Waals surface area contributed by atoms with Crippen molar-refractivity contribution in [2.75, 3.05) is 23.4 Å². The van der Waals surface area contributed by atoms with Crippen LogP contribution in [0.25, 0.3) is 0 Å². The molecular weight excluding hydrogens is 364 g/mol. The second-order valence-electron chi connectivity index (χ2n) is 6.66. The Morgan fingerprint density at radius 2 is 1.79 bits per heavy atom. The number of hydrogen-bond acceptors (Lipinski definition) is 6. The highest BCUT2D eigenvalue weighted by Crippen LogP contribution is 2.27. The third-order valence-electron chi connectivity index (χ3n) is 4.40. The molecule has 0 bridgehead atoms. The van der Waals surface area contributed by atoms with Gasteiger partial charge in [-0.1, -0.05) is 12.1 Å². The van der Waals surface area contributed by atoms with E-state index in [0.29, 0.717) is 23.8 Å². The molecule has 0 saturated heterocycles. The maximum Gasteiger partial charge on any atom is 0.338 e. The molecule has 150 valence electrons. The van der Waals surface area contributed by atoms with Crippen LogP contribution in [0.5, 0.6) is 0 Å². The first kappa shape index (κ1) is 20.3. The summed E-state index contributed by atoms with van der Waals surface area (Å²) in [5.41, 5.74) is 3.65. The minimum atomic E-state index is -0.323. The molecule has 1 N–H and O–H groups in total. The first-order valence-corrected chi connectivity index (χ1v) is 9.74. The van der Waals surface area contributed by atoms with Crippen LogP contribution in [0.3, 0.4) is 0 Å². The van der Waals surface area contributed by atoms with Crippen molar-refractivity contribution in [2.24, 2.45) is 0 Å². The highest BCUT2D eigenvalue weighted by molar-refractivity contribution is 5.89. The molecule has 1 aromatic heterocycles. The number of nitrogens with one attached hydrogen (secondary N) is 1. The highest BCUT2D eigenvalue weighted by atomic mass is 16.5. The van der Waals surface area contributed by atoms with Gasteiger partial charge in [0.15, 0.2) is 0 Å². The van der Waals surface area contributed by atoms with Crippen molar-refractivity contribution in [2.45, 2.75) is 27.7 Å². The lowest BCUT2D eigenvalue weighted by Crippen LogP contribution is -2.18. The van der Waals surface area contributed by atoms with Crippen LogP contribution in [0.2, 0.25) is 0 Å². The number of ether oxygens (including phenoxy) is 1. The van der Waals surface area contributed by atoms with Crippen LogP contribution in [0.1, 0.15) is 35.6 Å². The zero-order valence-corrected chi connectivity index (χ0v) is 17.3. The smallest absolute Gasteiger partial charge is 0.338 e. The summed E-state index contributed by atoms with van der Waals surface area (Å²) in [6.45, 7) is 8.99. The molecule has 6 nitrogen and oxygen atoms in total. The lowest BCUT2D eigenvalue weighted by molar-refractivity contribution is 0.0526. The van der Waals surface area contributed by atoms with Crippen molar-refractivity contribution in [1.82, 2.24) is 9.97 Å². The topological polar surface area (TPSA) is 67.3 Å². The minimum absolute atomic E-state index is 0.323. The number of rotatable bonds is 7. The van der Waals surface area contributed by atoms with E-state index in [2.05, 4.69) is 52.2 Å². The van der Waals surface area contributed by atoms with Gasteiger partial charge in [-0.15, -0.1) is 0 Å². The van der Waals surface area contributed by atoms with Gasteiger partial charge in [-0.2, -0.15) is 0 Å². The zero-order valence-electron chi connectivity index (χ0n) is 17.3. The molecular formula is C23H26N4O2. The summed E-state index contributed by atoms with van der Waals surface area (Å²) in [6.07, 6.45) is 0.